The first kappa shape index (κ1) is 76.5. The fourth-order valence-corrected chi connectivity index (χ4v) is 11.5. The standard InChI is InChI=1S/C65H121NO18/c1-3-5-7-9-11-13-15-17-19-21-22-23-24-25-27-28-30-32-34-36-38-40-42-49(70)48(66-53(71)43-41-39-37-35-33-31-29-26-20-18-16-14-12-10-8-6-4-2)47-79-63-59(77)56(74)61(51(45-68)81-63)84-65-60(78)57(75)62(52(46-69)82-65)83-64-58(76)55(73)54(72)50(44-67)80-64/h18,20,40,42,48-52,54-65,67-70,72-78H,3-17,19,21-39,41,43-47H2,1-2H3,(H,66,71)/b20-18-,42-40+. The molecule has 0 saturated carbocycles. The lowest BCUT2D eigenvalue weighted by Gasteiger charge is -2.48. The van der Waals surface area contributed by atoms with Crippen molar-refractivity contribution in [2.45, 2.75) is 356 Å². The van der Waals surface area contributed by atoms with Gasteiger partial charge in [-0.3, -0.25) is 4.79 Å². The maximum Gasteiger partial charge on any atom is 0.220 e. The van der Waals surface area contributed by atoms with E-state index in [1.165, 1.54) is 167 Å². The average molecular weight is 1200 g/mol. The van der Waals surface area contributed by atoms with Crippen LogP contribution in [0.1, 0.15) is 251 Å². The van der Waals surface area contributed by atoms with Gasteiger partial charge < -0.3 is 89.9 Å². The first-order valence-electron chi connectivity index (χ1n) is 33.6. The lowest BCUT2D eigenvalue weighted by atomic mass is 9.96. The Kier molecular flexibility index (Phi) is 43.9. The number of allylic oxidation sites excluding steroid dienone is 3. The summed E-state index contributed by atoms with van der Waals surface area (Å²) >= 11 is 0. The van der Waals surface area contributed by atoms with E-state index in [1.807, 2.05) is 6.08 Å². The van der Waals surface area contributed by atoms with Crippen LogP contribution in [0.15, 0.2) is 24.3 Å². The molecule has 3 aliphatic rings. The molecule has 3 aliphatic heterocycles. The van der Waals surface area contributed by atoms with Gasteiger partial charge in [0.2, 0.25) is 5.91 Å². The molecule has 12 N–H and O–H groups in total. The molecule has 0 aliphatic carbocycles. The molecule has 0 aromatic rings. The third-order valence-corrected chi connectivity index (χ3v) is 17.0. The minimum absolute atomic E-state index is 0.240. The molecule has 17 atom stereocenters. The van der Waals surface area contributed by atoms with Crippen LogP contribution >= 0.6 is 0 Å². The summed E-state index contributed by atoms with van der Waals surface area (Å²) in [5.74, 6) is -0.278. The highest BCUT2D eigenvalue weighted by molar-refractivity contribution is 5.76. The predicted molar refractivity (Wildman–Crippen MR) is 323 cm³/mol. The number of nitrogens with one attached hydrogen (secondary N) is 1. The van der Waals surface area contributed by atoms with Gasteiger partial charge in [-0.2, -0.15) is 0 Å². The SMILES string of the molecule is CCCCCCCC/C=C\CCCCCCCCCC(=O)NC(COC1OC(CO)C(OC2OC(CO)C(OC3OC(CO)C(O)C(O)C3O)C(O)C2O)C(O)C1O)C(O)/C=C/CCCCCCCCCCCCCCCCCCCCCC. The molecule has 19 nitrogen and oxygen atoms in total. The highest BCUT2D eigenvalue weighted by Crippen LogP contribution is 2.33. The van der Waals surface area contributed by atoms with Crippen molar-refractivity contribution in [1.29, 1.82) is 0 Å². The van der Waals surface area contributed by atoms with E-state index in [1.54, 1.807) is 6.08 Å². The molecule has 17 unspecified atom stereocenters. The summed E-state index contributed by atoms with van der Waals surface area (Å²) in [6.07, 6.45) is 25.8. The molecular weight excluding hydrogens is 1080 g/mol. The van der Waals surface area contributed by atoms with Gasteiger partial charge >= 0.3 is 0 Å². The summed E-state index contributed by atoms with van der Waals surface area (Å²) < 4.78 is 34.3. The highest BCUT2D eigenvalue weighted by atomic mass is 16.8. The van der Waals surface area contributed by atoms with Crippen LogP contribution in [0.5, 0.6) is 0 Å². The van der Waals surface area contributed by atoms with Crippen molar-refractivity contribution in [1.82, 2.24) is 5.32 Å². The molecule has 19 heteroatoms. The van der Waals surface area contributed by atoms with Crippen molar-refractivity contribution in [2.24, 2.45) is 0 Å². The molecule has 3 heterocycles. The first-order valence-corrected chi connectivity index (χ1v) is 33.6. The molecule has 1 amide bonds. The van der Waals surface area contributed by atoms with E-state index >= 15 is 0 Å². The van der Waals surface area contributed by atoms with E-state index in [-0.39, 0.29) is 18.9 Å². The van der Waals surface area contributed by atoms with Gasteiger partial charge in [0.1, 0.15) is 73.2 Å². The summed E-state index contributed by atoms with van der Waals surface area (Å²) in [4.78, 5) is 13.4. The third kappa shape index (κ3) is 30.7. The normalized spacial score (nSPS) is 29.3. The van der Waals surface area contributed by atoms with Crippen molar-refractivity contribution < 1.29 is 89.4 Å². The number of carbonyl (C=O) groups is 1. The summed E-state index contributed by atoms with van der Waals surface area (Å²) in [5, 5.41) is 120. The topological polar surface area (TPSA) is 307 Å². The van der Waals surface area contributed by atoms with Crippen LogP contribution < -0.4 is 5.32 Å². The minimum atomic E-state index is -1.98. The van der Waals surface area contributed by atoms with Crippen molar-refractivity contribution >= 4 is 5.91 Å². The quantitative estimate of drug-likeness (QED) is 0.0204. The van der Waals surface area contributed by atoms with E-state index in [2.05, 4.69) is 31.3 Å². The van der Waals surface area contributed by atoms with Crippen molar-refractivity contribution in [3.63, 3.8) is 0 Å². The Morgan fingerprint density at radius 1 is 0.417 bits per heavy atom. The maximum atomic E-state index is 13.4. The van der Waals surface area contributed by atoms with Crippen molar-refractivity contribution in [2.75, 3.05) is 26.4 Å². The largest absolute Gasteiger partial charge is 0.394 e. The lowest BCUT2D eigenvalue weighted by molar-refractivity contribution is -0.379. The summed E-state index contributed by atoms with van der Waals surface area (Å²) in [6, 6.07) is -0.973. The molecule has 0 aromatic heterocycles. The zero-order valence-electron chi connectivity index (χ0n) is 51.9. The number of carbonyl (C=O) groups excluding carboxylic acids is 1. The van der Waals surface area contributed by atoms with E-state index < -0.39 is 124 Å². The van der Waals surface area contributed by atoms with Gasteiger partial charge in [0, 0.05) is 6.42 Å². The Morgan fingerprint density at radius 3 is 1.15 bits per heavy atom. The number of ether oxygens (including phenoxy) is 6. The van der Waals surface area contributed by atoms with Crippen molar-refractivity contribution in [3.05, 3.63) is 24.3 Å². The number of amides is 1. The average Bonchev–Trinajstić information content (AvgIpc) is 2.82. The number of hydrogen-bond acceptors (Lipinski definition) is 18. The van der Waals surface area contributed by atoms with Crippen LogP contribution in [0, 0.1) is 0 Å². The van der Waals surface area contributed by atoms with Gasteiger partial charge in [-0.25, -0.2) is 0 Å². The second kappa shape index (κ2) is 48.2. The molecule has 0 bridgehead atoms. The fraction of sp³-hybridized carbons (Fsp3) is 0.923. The van der Waals surface area contributed by atoms with Crippen LogP contribution in [0.4, 0.5) is 0 Å². The van der Waals surface area contributed by atoms with Crippen LogP contribution in [-0.2, 0) is 33.2 Å². The number of rotatable bonds is 51. The Labute approximate surface area is 505 Å². The van der Waals surface area contributed by atoms with E-state index in [4.69, 9.17) is 28.4 Å². The lowest BCUT2D eigenvalue weighted by Crippen LogP contribution is -2.66. The summed E-state index contributed by atoms with van der Waals surface area (Å²) in [6.45, 7) is 1.74. The molecule has 3 saturated heterocycles. The molecule has 0 aromatic carbocycles. The van der Waals surface area contributed by atoms with Crippen LogP contribution in [0.2, 0.25) is 0 Å². The smallest absolute Gasteiger partial charge is 0.220 e. The third-order valence-electron chi connectivity index (χ3n) is 17.0. The highest BCUT2D eigenvalue weighted by Gasteiger charge is 2.53. The molecule has 3 fully saturated rings. The monoisotopic (exact) mass is 1200 g/mol. The van der Waals surface area contributed by atoms with Gasteiger partial charge in [-0.15, -0.1) is 0 Å². The zero-order valence-corrected chi connectivity index (χ0v) is 51.9. The first-order chi connectivity index (χ1) is 40.8. The Bertz CT molecular complexity index is 1630. The van der Waals surface area contributed by atoms with E-state index in [0.717, 1.165) is 57.8 Å². The molecule has 0 radical (unpaired) electrons. The van der Waals surface area contributed by atoms with Crippen LogP contribution in [-0.4, -0.2) is 193 Å². The van der Waals surface area contributed by atoms with Crippen molar-refractivity contribution in [3.8, 4) is 0 Å². The Morgan fingerprint density at radius 2 is 0.750 bits per heavy atom. The van der Waals surface area contributed by atoms with Gasteiger partial charge in [-0.1, -0.05) is 224 Å². The summed E-state index contributed by atoms with van der Waals surface area (Å²) in [5.41, 5.74) is 0. The number of hydrogen-bond donors (Lipinski definition) is 12. The molecular formula is C65H121NO18. The van der Waals surface area contributed by atoms with Gasteiger partial charge in [0.25, 0.3) is 0 Å². The van der Waals surface area contributed by atoms with Gasteiger partial charge in [0.15, 0.2) is 18.9 Å². The predicted octanol–water partition coefficient (Wildman–Crippen LogP) is 7.88. The zero-order chi connectivity index (χ0) is 61.2. The number of unbranched alkanes of at least 4 members (excludes halogenated alkanes) is 33. The Balaban J connectivity index is 1.46. The second-order valence-electron chi connectivity index (χ2n) is 24.3. The summed E-state index contributed by atoms with van der Waals surface area (Å²) in [7, 11) is 0. The molecule has 494 valence electrons. The van der Waals surface area contributed by atoms with E-state index in [9.17, 15) is 61.0 Å². The Hall–Kier alpha value is -1.73. The van der Waals surface area contributed by atoms with Crippen LogP contribution in [0.3, 0.4) is 0 Å². The maximum absolute atomic E-state index is 13.4. The molecule has 84 heavy (non-hydrogen) atoms. The molecule has 0 spiro atoms. The minimum Gasteiger partial charge on any atom is -0.394 e. The number of aliphatic hydroxyl groups excluding tert-OH is 11. The fourth-order valence-electron chi connectivity index (χ4n) is 11.5. The van der Waals surface area contributed by atoms with E-state index in [0.29, 0.717) is 6.42 Å². The van der Waals surface area contributed by atoms with Gasteiger partial charge in [-0.05, 0) is 44.9 Å². The number of aliphatic hydroxyl groups is 11. The molecule has 3 rings (SSSR count). The van der Waals surface area contributed by atoms with Gasteiger partial charge in [0.05, 0.1) is 38.6 Å². The second-order valence-corrected chi connectivity index (χ2v) is 24.3. The van der Waals surface area contributed by atoms with Crippen LogP contribution in [0.25, 0.3) is 0 Å².